The second kappa shape index (κ2) is 19.7. The van der Waals surface area contributed by atoms with Gasteiger partial charge in [0, 0.05) is 74.8 Å². The third kappa shape index (κ3) is 9.89. The Kier molecular flexibility index (Phi) is 14.3. The molecule has 3 aliphatic rings. The number of aryl methyl sites for hydroxylation is 1. The fraction of sp³-hybridized carbons (Fsp3) is 0.490. The van der Waals surface area contributed by atoms with E-state index in [-0.39, 0.29) is 50.0 Å². The first-order chi connectivity index (χ1) is 31.0. The van der Waals surface area contributed by atoms with Crippen LogP contribution in [0.5, 0.6) is 0 Å². The minimum Gasteiger partial charge on any atom is -0.463 e. The summed E-state index contributed by atoms with van der Waals surface area (Å²) in [6, 6.07) is 16.4. The second-order valence-electron chi connectivity index (χ2n) is 18.8. The number of esters is 1. The van der Waals surface area contributed by atoms with E-state index in [1.807, 2.05) is 51.1 Å². The number of ether oxygens (including phenoxy) is 2. The normalized spacial score (nSPS) is 21.1. The largest absolute Gasteiger partial charge is 0.463 e. The van der Waals surface area contributed by atoms with Gasteiger partial charge in [0.2, 0.25) is 17.7 Å². The molecular weight excluding hydrogens is 825 g/mol. The van der Waals surface area contributed by atoms with Crippen LogP contribution in [0.15, 0.2) is 73.4 Å². The molecule has 0 spiro atoms. The summed E-state index contributed by atoms with van der Waals surface area (Å²) in [4.78, 5) is 83.1. The van der Waals surface area contributed by atoms with Gasteiger partial charge in [-0.15, -0.1) is 0 Å². The van der Waals surface area contributed by atoms with E-state index in [9.17, 15) is 24.0 Å². The first-order valence-electron chi connectivity index (χ1n) is 22.9. The lowest BCUT2D eigenvalue weighted by Crippen LogP contribution is -2.58. The van der Waals surface area contributed by atoms with E-state index in [1.165, 1.54) is 16.0 Å². The Bertz CT molecular complexity index is 2460. The number of fused-ring (bicyclic) bond motifs is 6. The van der Waals surface area contributed by atoms with E-state index in [1.54, 1.807) is 25.3 Å². The van der Waals surface area contributed by atoms with E-state index >= 15 is 0 Å². The predicted octanol–water partition coefficient (Wildman–Crippen LogP) is 6.69. The molecule has 4 amide bonds. The molecule has 0 unspecified atom stereocenters. The fourth-order valence-corrected chi connectivity index (χ4v) is 9.75. The monoisotopic (exact) mass is 888 g/mol. The minimum atomic E-state index is -1.11. The number of rotatable bonds is 10. The third-order valence-corrected chi connectivity index (χ3v) is 13.2. The van der Waals surface area contributed by atoms with Crippen LogP contribution in [0.4, 0.5) is 0 Å². The number of likely N-dealkylation sites (tertiary alicyclic amines) is 1. The molecule has 0 aliphatic carbocycles. The minimum absolute atomic E-state index is 0.0962. The number of hydrogen-bond donors (Lipinski definition) is 1. The van der Waals surface area contributed by atoms with Crippen molar-refractivity contribution in [2.24, 2.45) is 17.3 Å². The molecule has 65 heavy (non-hydrogen) atoms. The number of carbonyl (C=O) groups is 5. The van der Waals surface area contributed by atoms with Crippen molar-refractivity contribution >= 4 is 40.5 Å². The van der Waals surface area contributed by atoms with Crippen molar-refractivity contribution in [3.8, 4) is 22.4 Å². The maximum Gasteiger partial charge on any atom is 0.338 e. The highest BCUT2D eigenvalue weighted by atomic mass is 16.7. The van der Waals surface area contributed by atoms with Crippen LogP contribution in [-0.2, 0) is 57.7 Å². The molecule has 2 saturated heterocycles. The lowest BCUT2D eigenvalue weighted by Gasteiger charge is -2.36. The lowest BCUT2D eigenvalue weighted by atomic mass is 9.84. The van der Waals surface area contributed by atoms with Crippen molar-refractivity contribution in [2.75, 3.05) is 40.4 Å². The van der Waals surface area contributed by atoms with Crippen molar-refractivity contribution in [1.82, 2.24) is 29.7 Å². The highest BCUT2D eigenvalue weighted by Gasteiger charge is 2.41. The standard InChI is InChI=1S/C51H64N6O8/c1-10-43(58)55-24-21-36(29-55)48(60)54(8)45(31(3)4)47(59)53-40-26-33-15-12-16-34(25-33)35-19-20-41-38(27-35)39(46(56(41)11-2)37-17-13-22-52-44(37)32(5)63-9)28-51(6,7)30-64-50(62)42-18-14-23-57(65-42)49(40)61/h10,12-13,15-17,19-20,22,25,27,31-32,36,40,42,45H,1,11,14,18,21,23-24,26,28-30H2,2-9H3,(H,53,59)/t32-,36-,40-,42-,45-/m0/s1. The molecule has 2 aromatic heterocycles. The molecule has 14 heteroatoms. The number of hydroxylamine groups is 2. The van der Waals surface area contributed by atoms with E-state index < -0.39 is 47.3 Å². The Hall–Kier alpha value is -5.86. The summed E-state index contributed by atoms with van der Waals surface area (Å²) in [7, 11) is 3.28. The zero-order valence-corrected chi connectivity index (χ0v) is 39.1. The summed E-state index contributed by atoms with van der Waals surface area (Å²) >= 11 is 0. The van der Waals surface area contributed by atoms with Gasteiger partial charge in [-0.3, -0.25) is 29.0 Å². The quantitative estimate of drug-likeness (QED) is 0.136. The van der Waals surface area contributed by atoms with Crippen molar-refractivity contribution in [2.45, 2.75) is 104 Å². The number of benzene rings is 2. The van der Waals surface area contributed by atoms with Crippen molar-refractivity contribution in [3.05, 3.63) is 90.3 Å². The van der Waals surface area contributed by atoms with Gasteiger partial charge in [0.1, 0.15) is 12.1 Å². The molecule has 7 rings (SSSR count). The van der Waals surface area contributed by atoms with Crippen molar-refractivity contribution in [1.29, 1.82) is 0 Å². The van der Waals surface area contributed by atoms with Gasteiger partial charge in [-0.25, -0.2) is 9.86 Å². The number of carbonyl (C=O) groups excluding carboxylic acids is 5. The number of cyclic esters (lactones) is 1. The molecule has 0 saturated carbocycles. The van der Waals surface area contributed by atoms with Gasteiger partial charge >= 0.3 is 5.97 Å². The smallest absolute Gasteiger partial charge is 0.338 e. The molecule has 2 fully saturated rings. The summed E-state index contributed by atoms with van der Waals surface area (Å²) < 4.78 is 14.2. The van der Waals surface area contributed by atoms with Crippen LogP contribution in [0.3, 0.4) is 0 Å². The Morgan fingerprint density at radius 2 is 1.82 bits per heavy atom. The van der Waals surface area contributed by atoms with Gasteiger partial charge in [0.05, 0.1) is 30.0 Å². The average Bonchev–Trinajstić information content (AvgIpc) is 3.92. The third-order valence-electron chi connectivity index (χ3n) is 13.2. The predicted molar refractivity (Wildman–Crippen MR) is 248 cm³/mol. The first kappa shape index (κ1) is 47.1. The van der Waals surface area contributed by atoms with Gasteiger partial charge in [-0.05, 0) is 98.0 Å². The van der Waals surface area contributed by atoms with Crippen LogP contribution in [0, 0.1) is 17.3 Å². The van der Waals surface area contributed by atoms with Gasteiger partial charge in [0.25, 0.3) is 5.91 Å². The fourth-order valence-electron chi connectivity index (χ4n) is 9.75. The number of nitrogens with one attached hydrogen (secondary N) is 1. The summed E-state index contributed by atoms with van der Waals surface area (Å²) in [5.74, 6) is -2.85. The Morgan fingerprint density at radius 1 is 1.05 bits per heavy atom. The Balaban J connectivity index is 1.29. The van der Waals surface area contributed by atoms with Gasteiger partial charge in [-0.2, -0.15) is 0 Å². The molecule has 5 heterocycles. The Labute approximate surface area is 382 Å². The van der Waals surface area contributed by atoms with Crippen LogP contribution >= 0.6 is 0 Å². The molecule has 1 N–H and O–H groups in total. The van der Waals surface area contributed by atoms with E-state index in [2.05, 4.69) is 61.5 Å². The molecular formula is C51H64N6O8. The number of likely N-dealkylation sites (N-methyl/N-ethyl adjacent to an activating group) is 1. The maximum atomic E-state index is 14.6. The molecule has 3 aliphatic heterocycles. The molecule has 6 bridgehead atoms. The van der Waals surface area contributed by atoms with E-state index in [4.69, 9.17) is 19.3 Å². The first-order valence-corrected chi connectivity index (χ1v) is 22.9. The van der Waals surface area contributed by atoms with Crippen LogP contribution in [0.2, 0.25) is 0 Å². The summed E-state index contributed by atoms with van der Waals surface area (Å²) in [6.07, 6.45) is 3.73. The molecule has 346 valence electrons. The number of amides is 4. The molecule has 5 atom stereocenters. The van der Waals surface area contributed by atoms with Gasteiger partial charge in [-0.1, -0.05) is 64.6 Å². The number of pyridine rings is 1. The highest BCUT2D eigenvalue weighted by molar-refractivity contribution is 5.96. The van der Waals surface area contributed by atoms with Crippen LogP contribution in [0.1, 0.15) is 83.7 Å². The Morgan fingerprint density at radius 3 is 2.54 bits per heavy atom. The number of nitrogens with zero attached hydrogens (tertiary/aromatic N) is 5. The second-order valence-corrected chi connectivity index (χ2v) is 18.8. The lowest BCUT2D eigenvalue weighted by molar-refractivity contribution is -0.231. The van der Waals surface area contributed by atoms with Crippen LogP contribution in [-0.4, -0.2) is 113 Å². The summed E-state index contributed by atoms with van der Waals surface area (Å²) in [5.41, 5.74) is 7.17. The average molecular weight is 889 g/mol. The van der Waals surface area contributed by atoms with E-state index in [0.29, 0.717) is 38.8 Å². The van der Waals surface area contributed by atoms with E-state index in [0.717, 1.165) is 50.1 Å². The number of aromatic nitrogens is 2. The molecule has 4 aromatic rings. The highest BCUT2D eigenvalue weighted by Crippen LogP contribution is 2.42. The summed E-state index contributed by atoms with van der Waals surface area (Å²) in [5, 5.41) is 5.27. The van der Waals surface area contributed by atoms with Crippen LogP contribution in [0.25, 0.3) is 33.3 Å². The topological polar surface area (TPSA) is 153 Å². The van der Waals surface area contributed by atoms with Gasteiger partial charge in [0.15, 0.2) is 6.10 Å². The summed E-state index contributed by atoms with van der Waals surface area (Å²) in [6.45, 7) is 17.2. The SMILES string of the molecule is C=CC(=O)N1CC[C@H](C(=O)N(C)[C@H](C(=O)N[C@H]2Cc3cccc(c3)-c3ccc4c(c3)c(c(-c3cccnc3[C@H](C)OC)n4CC)CC(C)(C)COC(=O)[C@@H]3CCCN(O3)C2=O)C(C)C)C1. The zero-order valence-electron chi connectivity index (χ0n) is 39.1. The number of hydrogen-bond acceptors (Lipinski definition) is 9. The zero-order chi connectivity index (χ0) is 46.7. The van der Waals surface area contributed by atoms with Crippen LogP contribution < -0.4 is 5.32 Å². The molecule has 14 nitrogen and oxygen atoms in total. The van der Waals surface area contributed by atoms with Gasteiger partial charge < -0.3 is 29.2 Å². The molecule has 0 radical (unpaired) electrons. The van der Waals surface area contributed by atoms with Crippen molar-refractivity contribution in [3.63, 3.8) is 0 Å². The maximum absolute atomic E-state index is 14.6. The number of methoxy groups -OCH3 is 1. The molecule has 2 aromatic carbocycles. The van der Waals surface area contributed by atoms with Crippen molar-refractivity contribution < 1.29 is 38.3 Å².